The van der Waals surface area contributed by atoms with Crippen LogP contribution in [0, 0.1) is 6.92 Å². The highest BCUT2D eigenvalue weighted by atomic mass is 35.5. The van der Waals surface area contributed by atoms with E-state index < -0.39 is 0 Å². The van der Waals surface area contributed by atoms with E-state index in [0.717, 1.165) is 54.7 Å². The molecule has 0 unspecified atom stereocenters. The van der Waals surface area contributed by atoms with E-state index in [1.807, 2.05) is 42.2 Å². The molecule has 2 aromatic rings. The Labute approximate surface area is 147 Å². The fourth-order valence-electron chi connectivity index (χ4n) is 2.86. The van der Waals surface area contributed by atoms with Crippen LogP contribution in [-0.4, -0.2) is 47.0 Å². The molecule has 0 N–H and O–H groups in total. The van der Waals surface area contributed by atoms with Gasteiger partial charge in [0.15, 0.2) is 0 Å². The van der Waals surface area contributed by atoms with E-state index in [1.54, 1.807) is 6.33 Å². The summed E-state index contributed by atoms with van der Waals surface area (Å²) in [6.45, 7) is 5.05. The zero-order valence-electron chi connectivity index (χ0n) is 13.8. The first kappa shape index (κ1) is 16.7. The molecule has 1 aliphatic rings. The van der Waals surface area contributed by atoms with Crippen LogP contribution in [0.5, 0.6) is 0 Å². The summed E-state index contributed by atoms with van der Waals surface area (Å²) in [6.07, 6.45) is 2.88. The molecule has 3 rings (SSSR count). The average molecular weight is 345 g/mol. The summed E-state index contributed by atoms with van der Waals surface area (Å²) in [7, 11) is 0. The van der Waals surface area contributed by atoms with Crippen LogP contribution in [0.25, 0.3) is 0 Å². The van der Waals surface area contributed by atoms with Crippen molar-refractivity contribution in [2.45, 2.75) is 19.8 Å². The van der Waals surface area contributed by atoms with Crippen LogP contribution in [-0.2, 0) is 11.2 Å². The van der Waals surface area contributed by atoms with Gasteiger partial charge < -0.3 is 9.80 Å². The molecule has 0 aliphatic carbocycles. The van der Waals surface area contributed by atoms with Crippen molar-refractivity contribution in [2.24, 2.45) is 0 Å². The maximum Gasteiger partial charge on any atom is 0.223 e. The monoisotopic (exact) mass is 344 g/mol. The van der Waals surface area contributed by atoms with Crippen molar-refractivity contribution in [3.05, 3.63) is 52.9 Å². The van der Waals surface area contributed by atoms with Crippen molar-refractivity contribution in [2.75, 3.05) is 31.1 Å². The van der Waals surface area contributed by atoms with Crippen molar-refractivity contribution in [3.63, 3.8) is 0 Å². The third-order valence-electron chi connectivity index (χ3n) is 4.29. The normalized spacial score (nSPS) is 14.8. The maximum absolute atomic E-state index is 12.4. The smallest absolute Gasteiger partial charge is 0.223 e. The lowest BCUT2D eigenvalue weighted by molar-refractivity contribution is -0.131. The van der Waals surface area contributed by atoms with Crippen LogP contribution in [0.4, 0.5) is 5.82 Å². The van der Waals surface area contributed by atoms with E-state index in [4.69, 9.17) is 11.6 Å². The van der Waals surface area contributed by atoms with E-state index in [9.17, 15) is 4.79 Å². The second-order valence-corrected chi connectivity index (χ2v) is 6.45. The maximum atomic E-state index is 12.4. The Balaban J connectivity index is 1.49. The second kappa shape index (κ2) is 7.62. The highest BCUT2D eigenvalue weighted by Crippen LogP contribution is 2.15. The minimum Gasteiger partial charge on any atom is -0.353 e. The van der Waals surface area contributed by atoms with Gasteiger partial charge in [0, 0.05) is 49.4 Å². The van der Waals surface area contributed by atoms with Crippen molar-refractivity contribution >= 4 is 23.3 Å². The molecule has 1 aromatic heterocycles. The number of carbonyl (C=O) groups excluding carboxylic acids is 1. The van der Waals surface area contributed by atoms with Gasteiger partial charge in [0.1, 0.15) is 12.1 Å². The number of amides is 1. The number of anilines is 1. The number of benzene rings is 1. The zero-order chi connectivity index (χ0) is 16.9. The number of halogens is 1. The molecule has 1 aromatic carbocycles. The molecule has 0 bridgehead atoms. The quantitative estimate of drug-likeness (QED) is 0.855. The van der Waals surface area contributed by atoms with Crippen LogP contribution < -0.4 is 4.90 Å². The molecule has 1 aliphatic heterocycles. The Bertz CT molecular complexity index is 696. The molecular weight excluding hydrogens is 324 g/mol. The van der Waals surface area contributed by atoms with Crippen molar-refractivity contribution in [1.29, 1.82) is 0 Å². The predicted octanol–water partition coefficient (Wildman–Crippen LogP) is 2.72. The van der Waals surface area contributed by atoms with E-state index in [-0.39, 0.29) is 5.91 Å². The van der Waals surface area contributed by atoms with Crippen LogP contribution >= 0.6 is 11.6 Å². The topological polar surface area (TPSA) is 49.3 Å². The van der Waals surface area contributed by atoms with Gasteiger partial charge in [-0.05, 0) is 31.0 Å². The van der Waals surface area contributed by atoms with E-state index >= 15 is 0 Å². The Morgan fingerprint density at radius 1 is 1.12 bits per heavy atom. The second-order valence-electron chi connectivity index (χ2n) is 6.01. The summed E-state index contributed by atoms with van der Waals surface area (Å²) in [6, 6.07) is 9.67. The number of nitrogens with zero attached hydrogens (tertiary/aromatic N) is 4. The number of hydrogen-bond donors (Lipinski definition) is 0. The van der Waals surface area contributed by atoms with Gasteiger partial charge in [-0.15, -0.1) is 0 Å². The Morgan fingerprint density at radius 3 is 2.50 bits per heavy atom. The van der Waals surface area contributed by atoms with Gasteiger partial charge in [-0.1, -0.05) is 23.7 Å². The molecule has 1 fully saturated rings. The lowest BCUT2D eigenvalue weighted by atomic mass is 10.1. The van der Waals surface area contributed by atoms with Gasteiger partial charge in [-0.3, -0.25) is 4.79 Å². The molecule has 5 nitrogen and oxygen atoms in total. The molecule has 126 valence electrons. The first-order valence-corrected chi connectivity index (χ1v) is 8.55. The Hall–Kier alpha value is -2.14. The van der Waals surface area contributed by atoms with Crippen LogP contribution in [0.3, 0.4) is 0 Å². The lowest BCUT2D eigenvalue weighted by Gasteiger charge is -2.35. The summed E-state index contributed by atoms with van der Waals surface area (Å²) >= 11 is 5.88. The summed E-state index contributed by atoms with van der Waals surface area (Å²) in [5, 5.41) is 0.723. The standard InChI is InChI=1S/C18H21ClN4O/c1-14-12-17(21-13-20-14)22-8-10-23(11-9-22)18(24)7-4-15-2-5-16(19)6-3-15/h2-3,5-6,12-13H,4,7-11H2,1H3. The third-order valence-corrected chi connectivity index (χ3v) is 4.54. The highest BCUT2D eigenvalue weighted by molar-refractivity contribution is 6.30. The van der Waals surface area contributed by atoms with Gasteiger partial charge in [-0.25, -0.2) is 9.97 Å². The van der Waals surface area contributed by atoms with Crippen molar-refractivity contribution in [3.8, 4) is 0 Å². The SMILES string of the molecule is Cc1cc(N2CCN(C(=O)CCc3ccc(Cl)cc3)CC2)ncn1. The molecule has 6 heteroatoms. The minimum atomic E-state index is 0.212. The minimum absolute atomic E-state index is 0.212. The first-order valence-electron chi connectivity index (χ1n) is 8.17. The predicted molar refractivity (Wildman–Crippen MR) is 95.3 cm³/mol. The van der Waals surface area contributed by atoms with E-state index in [2.05, 4.69) is 14.9 Å². The molecular formula is C18H21ClN4O. The van der Waals surface area contributed by atoms with Gasteiger partial charge in [0.05, 0.1) is 0 Å². The fraction of sp³-hybridized carbons (Fsp3) is 0.389. The lowest BCUT2D eigenvalue weighted by Crippen LogP contribution is -2.49. The number of piperazine rings is 1. The largest absolute Gasteiger partial charge is 0.353 e. The van der Waals surface area contributed by atoms with E-state index in [1.165, 1.54) is 0 Å². The number of carbonyl (C=O) groups is 1. The third kappa shape index (κ3) is 4.23. The number of hydrogen-bond acceptors (Lipinski definition) is 4. The molecule has 0 spiro atoms. The summed E-state index contributed by atoms with van der Waals surface area (Å²) in [5.74, 6) is 1.15. The molecule has 1 saturated heterocycles. The molecule has 0 radical (unpaired) electrons. The Morgan fingerprint density at radius 2 is 1.83 bits per heavy atom. The molecule has 2 heterocycles. The molecule has 0 atom stereocenters. The fourth-order valence-corrected chi connectivity index (χ4v) is 2.98. The molecule has 1 amide bonds. The zero-order valence-corrected chi connectivity index (χ0v) is 14.5. The van der Waals surface area contributed by atoms with Crippen molar-refractivity contribution < 1.29 is 4.79 Å². The van der Waals surface area contributed by atoms with Crippen LogP contribution in [0.2, 0.25) is 5.02 Å². The summed E-state index contributed by atoms with van der Waals surface area (Å²) in [5.41, 5.74) is 2.10. The van der Waals surface area contributed by atoms with Gasteiger partial charge >= 0.3 is 0 Å². The number of aryl methyl sites for hydroxylation is 2. The summed E-state index contributed by atoms with van der Waals surface area (Å²) < 4.78 is 0. The average Bonchev–Trinajstić information content (AvgIpc) is 2.61. The number of aromatic nitrogens is 2. The highest BCUT2D eigenvalue weighted by Gasteiger charge is 2.21. The first-order chi connectivity index (χ1) is 11.6. The summed E-state index contributed by atoms with van der Waals surface area (Å²) in [4.78, 5) is 25.0. The van der Waals surface area contributed by atoms with E-state index in [0.29, 0.717) is 6.42 Å². The van der Waals surface area contributed by atoms with Gasteiger partial charge in [0.2, 0.25) is 5.91 Å². The number of rotatable bonds is 4. The molecule has 24 heavy (non-hydrogen) atoms. The molecule has 0 saturated carbocycles. The van der Waals surface area contributed by atoms with Crippen molar-refractivity contribution in [1.82, 2.24) is 14.9 Å². The van der Waals surface area contributed by atoms with Crippen LogP contribution in [0.15, 0.2) is 36.7 Å². The Kier molecular flexibility index (Phi) is 5.30. The van der Waals surface area contributed by atoms with Crippen LogP contribution in [0.1, 0.15) is 17.7 Å². The van der Waals surface area contributed by atoms with Gasteiger partial charge in [0.25, 0.3) is 0 Å². The van der Waals surface area contributed by atoms with Gasteiger partial charge in [-0.2, -0.15) is 0 Å².